The van der Waals surface area contributed by atoms with E-state index in [0.29, 0.717) is 48.2 Å². The van der Waals surface area contributed by atoms with E-state index in [1.54, 1.807) is 29.2 Å². The molecule has 1 saturated heterocycles. The lowest BCUT2D eigenvalue weighted by Gasteiger charge is -2.36. The molecular formula is C25H25ClN4O3S. The number of halogens is 1. The first-order valence-electron chi connectivity index (χ1n) is 10.9. The Balaban J connectivity index is 1.33. The third kappa shape index (κ3) is 5.40. The van der Waals surface area contributed by atoms with Crippen LogP contribution in [0.4, 0.5) is 11.4 Å². The molecule has 1 aliphatic heterocycles. The van der Waals surface area contributed by atoms with Gasteiger partial charge < -0.3 is 19.5 Å². The van der Waals surface area contributed by atoms with E-state index in [1.165, 1.54) is 6.26 Å². The summed E-state index contributed by atoms with van der Waals surface area (Å²) in [4.78, 5) is 28.8. The topological polar surface area (TPSA) is 77.8 Å². The number of thiocarbonyl (C=S) groups is 1. The third-order valence-electron chi connectivity index (χ3n) is 5.84. The normalized spacial score (nSPS) is 13.5. The molecule has 3 aromatic rings. The zero-order valence-electron chi connectivity index (χ0n) is 18.9. The SMILES string of the molecule is Cc1ccc(C(=O)NC(=S)Nc2ccc(N3CCN(C(=O)c4ccco4)CC3)c(Cl)c2)cc1C. The first-order valence-corrected chi connectivity index (χ1v) is 11.7. The van der Waals surface area contributed by atoms with E-state index in [2.05, 4.69) is 15.5 Å². The van der Waals surface area contributed by atoms with E-state index < -0.39 is 0 Å². The van der Waals surface area contributed by atoms with Crippen LogP contribution in [-0.4, -0.2) is 48.0 Å². The van der Waals surface area contributed by atoms with Crippen molar-refractivity contribution in [3.63, 3.8) is 0 Å². The monoisotopic (exact) mass is 496 g/mol. The van der Waals surface area contributed by atoms with Gasteiger partial charge in [-0.15, -0.1) is 0 Å². The third-order valence-corrected chi connectivity index (χ3v) is 6.35. The maximum atomic E-state index is 12.5. The second kappa shape index (κ2) is 10.3. The summed E-state index contributed by atoms with van der Waals surface area (Å²) in [6, 6.07) is 14.4. The average molecular weight is 497 g/mol. The average Bonchev–Trinajstić information content (AvgIpc) is 3.35. The second-order valence-corrected chi connectivity index (χ2v) is 8.95. The van der Waals surface area contributed by atoms with E-state index in [1.807, 2.05) is 38.1 Å². The van der Waals surface area contributed by atoms with Crippen molar-refractivity contribution in [1.29, 1.82) is 0 Å². The van der Waals surface area contributed by atoms with Crippen LogP contribution in [0.25, 0.3) is 0 Å². The van der Waals surface area contributed by atoms with Gasteiger partial charge in [-0.05, 0) is 79.7 Å². The van der Waals surface area contributed by atoms with Gasteiger partial charge in [0, 0.05) is 37.4 Å². The molecule has 0 unspecified atom stereocenters. The number of hydrogen-bond acceptors (Lipinski definition) is 5. The molecular weight excluding hydrogens is 472 g/mol. The van der Waals surface area contributed by atoms with Crippen LogP contribution in [0.2, 0.25) is 5.02 Å². The van der Waals surface area contributed by atoms with Gasteiger partial charge in [-0.2, -0.15) is 0 Å². The van der Waals surface area contributed by atoms with Crippen LogP contribution in [0.15, 0.2) is 59.2 Å². The molecule has 34 heavy (non-hydrogen) atoms. The second-order valence-electron chi connectivity index (χ2n) is 8.13. The summed E-state index contributed by atoms with van der Waals surface area (Å²) >= 11 is 11.9. The fraction of sp³-hybridized carbons (Fsp3) is 0.240. The van der Waals surface area contributed by atoms with Gasteiger partial charge >= 0.3 is 0 Å². The highest BCUT2D eigenvalue weighted by molar-refractivity contribution is 7.80. The van der Waals surface area contributed by atoms with Crippen molar-refractivity contribution in [3.05, 3.63) is 82.3 Å². The van der Waals surface area contributed by atoms with Crippen LogP contribution < -0.4 is 15.5 Å². The number of rotatable bonds is 4. The Morgan fingerprint density at radius 2 is 1.76 bits per heavy atom. The molecule has 0 spiro atoms. The zero-order chi connectivity index (χ0) is 24.2. The quantitative estimate of drug-likeness (QED) is 0.512. The zero-order valence-corrected chi connectivity index (χ0v) is 20.5. The van der Waals surface area contributed by atoms with Crippen molar-refractivity contribution in [2.45, 2.75) is 13.8 Å². The van der Waals surface area contributed by atoms with E-state index in [4.69, 9.17) is 28.2 Å². The number of piperazine rings is 1. The molecule has 1 fully saturated rings. The number of hydrogen-bond donors (Lipinski definition) is 2. The fourth-order valence-corrected chi connectivity index (χ4v) is 4.28. The van der Waals surface area contributed by atoms with E-state index >= 15 is 0 Å². The predicted octanol–water partition coefficient (Wildman–Crippen LogP) is 4.64. The van der Waals surface area contributed by atoms with Crippen LogP contribution in [0.3, 0.4) is 0 Å². The highest BCUT2D eigenvalue weighted by atomic mass is 35.5. The van der Waals surface area contributed by atoms with Gasteiger partial charge in [-0.1, -0.05) is 17.7 Å². The summed E-state index contributed by atoms with van der Waals surface area (Å²) in [7, 11) is 0. The van der Waals surface area contributed by atoms with Gasteiger partial charge in [0.05, 0.1) is 17.0 Å². The summed E-state index contributed by atoms with van der Waals surface area (Å²) in [5, 5.41) is 6.46. The number of benzene rings is 2. The smallest absolute Gasteiger partial charge is 0.289 e. The molecule has 7 nitrogen and oxygen atoms in total. The van der Waals surface area contributed by atoms with Crippen LogP contribution in [0.5, 0.6) is 0 Å². The highest BCUT2D eigenvalue weighted by Gasteiger charge is 2.24. The largest absolute Gasteiger partial charge is 0.459 e. The van der Waals surface area contributed by atoms with Crippen molar-refractivity contribution in [1.82, 2.24) is 10.2 Å². The molecule has 9 heteroatoms. The minimum Gasteiger partial charge on any atom is -0.459 e. The number of furan rings is 1. The van der Waals surface area contributed by atoms with E-state index in [9.17, 15) is 9.59 Å². The van der Waals surface area contributed by atoms with Crippen LogP contribution in [0.1, 0.15) is 32.0 Å². The van der Waals surface area contributed by atoms with Gasteiger partial charge in [0.1, 0.15) is 0 Å². The number of amides is 2. The number of carbonyl (C=O) groups excluding carboxylic acids is 2. The maximum Gasteiger partial charge on any atom is 0.289 e. The Bertz CT molecular complexity index is 1220. The molecule has 1 aliphatic rings. The Hall–Kier alpha value is -3.36. The molecule has 2 aromatic carbocycles. The summed E-state index contributed by atoms with van der Waals surface area (Å²) in [6.07, 6.45) is 1.50. The highest BCUT2D eigenvalue weighted by Crippen LogP contribution is 2.30. The van der Waals surface area contributed by atoms with Crippen molar-refractivity contribution in [2.75, 3.05) is 36.4 Å². The molecule has 4 rings (SSSR count). The predicted molar refractivity (Wildman–Crippen MR) is 138 cm³/mol. The maximum absolute atomic E-state index is 12.5. The molecule has 0 aliphatic carbocycles. The first-order chi connectivity index (χ1) is 16.3. The molecule has 2 amide bonds. The fourth-order valence-electron chi connectivity index (χ4n) is 3.77. The molecule has 0 bridgehead atoms. The first kappa shape index (κ1) is 23.8. The van der Waals surface area contributed by atoms with Gasteiger partial charge in [0.25, 0.3) is 11.8 Å². The minimum atomic E-state index is -0.273. The Kier molecular flexibility index (Phi) is 7.19. The van der Waals surface area contributed by atoms with Gasteiger partial charge in [0.15, 0.2) is 10.9 Å². The Morgan fingerprint density at radius 3 is 2.41 bits per heavy atom. The standard InChI is InChI=1S/C25H25ClN4O3S/c1-16-5-6-18(14-17(16)2)23(31)28-25(34)27-19-7-8-21(20(26)15-19)29-9-11-30(12-10-29)24(32)22-4-3-13-33-22/h3-8,13-15H,9-12H2,1-2H3,(H2,27,28,31,34). The summed E-state index contributed by atoms with van der Waals surface area (Å²) < 4.78 is 5.21. The molecule has 176 valence electrons. The van der Waals surface area contributed by atoms with Crippen LogP contribution in [0, 0.1) is 13.8 Å². The summed E-state index contributed by atoms with van der Waals surface area (Å²) in [5.41, 5.74) is 4.26. The Morgan fingerprint density at radius 1 is 1.00 bits per heavy atom. The van der Waals surface area contributed by atoms with E-state index in [-0.39, 0.29) is 16.9 Å². The van der Waals surface area contributed by atoms with Crippen LogP contribution in [-0.2, 0) is 0 Å². The van der Waals surface area contributed by atoms with E-state index in [0.717, 1.165) is 16.8 Å². The van der Waals surface area contributed by atoms with Gasteiger partial charge in [-0.3, -0.25) is 14.9 Å². The molecule has 0 saturated carbocycles. The Labute approximate surface area is 208 Å². The summed E-state index contributed by atoms with van der Waals surface area (Å²) in [5.74, 6) is -0.0283. The number of nitrogens with one attached hydrogen (secondary N) is 2. The lowest BCUT2D eigenvalue weighted by atomic mass is 10.1. The number of nitrogens with zero attached hydrogens (tertiary/aromatic N) is 2. The van der Waals surface area contributed by atoms with Crippen molar-refractivity contribution in [3.8, 4) is 0 Å². The molecule has 2 heterocycles. The van der Waals surface area contributed by atoms with Crippen molar-refractivity contribution < 1.29 is 14.0 Å². The lowest BCUT2D eigenvalue weighted by Crippen LogP contribution is -2.48. The molecule has 0 atom stereocenters. The van der Waals surface area contributed by atoms with Gasteiger partial charge in [-0.25, -0.2) is 0 Å². The lowest BCUT2D eigenvalue weighted by molar-refractivity contribution is 0.0714. The molecule has 2 N–H and O–H groups in total. The molecule has 1 aromatic heterocycles. The number of aryl methyl sites for hydroxylation is 2. The van der Waals surface area contributed by atoms with Crippen LogP contribution >= 0.6 is 23.8 Å². The minimum absolute atomic E-state index is 0.105. The molecule has 0 radical (unpaired) electrons. The van der Waals surface area contributed by atoms with Crippen molar-refractivity contribution in [2.24, 2.45) is 0 Å². The van der Waals surface area contributed by atoms with Gasteiger partial charge in [0.2, 0.25) is 0 Å². The summed E-state index contributed by atoms with van der Waals surface area (Å²) in [6.45, 7) is 6.42. The number of carbonyl (C=O) groups is 2. The number of anilines is 2. The van der Waals surface area contributed by atoms with Crippen molar-refractivity contribution >= 4 is 52.1 Å².